The fourth-order valence-corrected chi connectivity index (χ4v) is 13.7. The molecule has 7 N–H and O–H groups in total. The van der Waals surface area contributed by atoms with Crippen molar-refractivity contribution in [3.05, 3.63) is 23.8 Å². The van der Waals surface area contributed by atoms with Gasteiger partial charge in [-0.15, -0.1) is 0 Å². The molecule has 4 fully saturated rings. The number of aliphatic hydroxyl groups is 6. The minimum absolute atomic E-state index is 0.0265. The number of allylic oxidation sites excluding steroid dienone is 4. The Morgan fingerprint density at radius 1 is 0.985 bits per heavy atom. The summed E-state index contributed by atoms with van der Waals surface area (Å²) >= 11 is 0. The molecule has 0 radical (unpaired) electrons. The van der Waals surface area contributed by atoms with Gasteiger partial charge in [0, 0.05) is 48.9 Å². The van der Waals surface area contributed by atoms with E-state index in [-0.39, 0.29) is 56.1 Å². The molecule has 0 spiro atoms. The fraction of sp³-hybridized carbons (Fsp3) is 0.860. The minimum atomic E-state index is -2.27. The molecule has 3 unspecified atom stereocenters. The summed E-state index contributed by atoms with van der Waals surface area (Å²) < 4.78 is 52.1. The van der Waals surface area contributed by atoms with Gasteiger partial charge >= 0.3 is 11.9 Å². The smallest absolute Gasteiger partial charge is 0.311 e. The van der Waals surface area contributed by atoms with E-state index in [1.54, 1.807) is 34.6 Å². The molecule has 1 saturated heterocycles. The van der Waals surface area contributed by atoms with Gasteiger partial charge in [0.2, 0.25) is 0 Å². The van der Waals surface area contributed by atoms with E-state index in [1.165, 1.54) is 46.1 Å². The molecule has 378 valence electrons. The molecular weight excluding hydrogens is 859 g/mol. The number of halogens is 2. The molecule has 0 aromatic carbocycles. The van der Waals surface area contributed by atoms with Gasteiger partial charge in [0.1, 0.15) is 29.6 Å². The molecule has 16 heteroatoms. The lowest BCUT2D eigenvalue weighted by Gasteiger charge is -2.64. The van der Waals surface area contributed by atoms with Crippen molar-refractivity contribution in [2.45, 2.75) is 192 Å². The summed E-state index contributed by atoms with van der Waals surface area (Å²) in [5.74, 6) is -5.73. The van der Waals surface area contributed by atoms with Crippen molar-refractivity contribution < 1.29 is 68.0 Å². The van der Waals surface area contributed by atoms with E-state index in [0.717, 1.165) is 0 Å². The topological polar surface area (TPSA) is 216 Å². The van der Waals surface area contributed by atoms with Crippen LogP contribution >= 0.6 is 0 Å². The number of nitrogens with one attached hydrogen (secondary N) is 1. The molecule has 14 nitrogen and oxygen atoms in total. The second-order valence-corrected chi connectivity index (χ2v) is 22.0. The van der Waals surface area contributed by atoms with E-state index in [0.29, 0.717) is 32.5 Å². The van der Waals surface area contributed by atoms with E-state index < -0.39 is 124 Å². The Labute approximate surface area is 390 Å². The summed E-state index contributed by atoms with van der Waals surface area (Å²) in [4.78, 5) is 41.5. The summed E-state index contributed by atoms with van der Waals surface area (Å²) in [6.45, 7) is 20.0. The molecule has 0 bridgehead atoms. The van der Waals surface area contributed by atoms with Crippen LogP contribution in [0.2, 0.25) is 0 Å². The van der Waals surface area contributed by atoms with Gasteiger partial charge in [-0.05, 0) is 129 Å². The van der Waals surface area contributed by atoms with Gasteiger partial charge in [-0.3, -0.25) is 19.3 Å². The largest absolute Gasteiger partial charge is 0.459 e. The minimum Gasteiger partial charge on any atom is -0.459 e. The first kappa shape index (κ1) is 54.5. The summed E-state index contributed by atoms with van der Waals surface area (Å²) in [6.07, 6.45) is -4.31. The van der Waals surface area contributed by atoms with Crippen LogP contribution in [0, 0.1) is 46.3 Å². The number of esters is 2. The maximum Gasteiger partial charge on any atom is 0.311 e. The van der Waals surface area contributed by atoms with E-state index >= 15 is 8.78 Å². The third kappa shape index (κ3) is 9.34. The van der Waals surface area contributed by atoms with Crippen molar-refractivity contribution in [3.8, 4) is 0 Å². The Bertz CT molecular complexity index is 1810. The number of ketones is 1. The zero-order valence-electron chi connectivity index (χ0n) is 41.4. The molecule has 4 aliphatic carbocycles. The quantitative estimate of drug-likeness (QED) is 0.115. The predicted molar refractivity (Wildman–Crippen MR) is 243 cm³/mol. The second kappa shape index (κ2) is 20.1. The van der Waals surface area contributed by atoms with Crippen LogP contribution in [-0.4, -0.2) is 158 Å². The molecule has 66 heavy (non-hydrogen) atoms. The average molecular weight is 941 g/mol. The van der Waals surface area contributed by atoms with Crippen molar-refractivity contribution in [3.63, 3.8) is 0 Å². The van der Waals surface area contributed by atoms with Gasteiger partial charge in [0.25, 0.3) is 0 Å². The van der Waals surface area contributed by atoms with Gasteiger partial charge in [-0.1, -0.05) is 40.7 Å². The number of fused-ring (bicyclic) bond motifs is 5. The number of carbonyl (C=O) groups is 3. The fourth-order valence-electron chi connectivity index (χ4n) is 13.7. The lowest BCUT2D eigenvalue weighted by Crippen LogP contribution is -2.71. The Morgan fingerprint density at radius 3 is 2.26 bits per heavy atom. The number of nitrogens with zero attached hydrogens (tertiary/aromatic N) is 1. The van der Waals surface area contributed by atoms with Crippen molar-refractivity contribution in [1.82, 2.24) is 10.2 Å². The van der Waals surface area contributed by atoms with Crippen molar-refractivity contribution in [2.24, 2.45) is 46.3 Å². The number of rotatable bonds is 11. The monoisotopic (exact) mass is 941 g/mol. The summed E-state index contributed by atoms with van der Waals surface area (Å²) in [7, 11) is 1.52. The highest BCUT2D eigenvalue weighted by Gasteiger charge is 2.77. The SMILES string of the molecule is CC[C@H]1OC(=O)[C@H](C)[C@@H](O)[C@H](C)[C@@H](O)[C@](C)(O)C[C@@H](C)CN(CCCNCCC(=O)O[C@]2(C(C)OC)[C@H](C)CC3C4C[C@H](F)C5=CC(=O)C=C[C@]5(C)[C@@]4(F)[C@@H](O)C[C@@]32C)[C@H](C)[C@@H](O)[C@]1(C)O. The molecule has 0 aromatic heterocycles. The molecular formula is C50H82F2N2O12. The van der Waals surface area contributed by atoms with Crippen LogP contribution in [0.25, 0.3) is 0 Å². The molecule has 5 rings (SSSR count). The first-order chi connectivity index (χ1) is 30.5. The number of alkyl halides is 2. The number of hydrogen-bond acceptors (Lipinski definition) is 14. The van der Waals surface area contributed by atoms with Gasteiger partial charge in [-0.2, -0.15) is 0 Å². The molecule has 3 saturated carbocycles. The van der Waals surface area contributed by atoms with E-state index in [2.05, 4.69) is 5.32 Å². The normalized spacial score (nSPS) is 47.6. The second-order valence-electron chi connectivity index (χ2n) is 22.0. The molecule has 1 heterocycles. The number of hydrogen-bond donors (Lipinski definition) is 7. The molecule has 20 atom stereocenters. The summed E-state index contributed by atoms with van der Waals surface area (Å²) in [5.41, 5.74) is -9.57. The van der Waals surface area contributed by atoms with E-state index in [1.807, 2.05) is 25.7 Å². The van der Waals surface area contributed by atoms with Crippen LogP contribution in [0.5, 0.6) is 0 Å². The van der Waals surface area contributed by atoms with Crippen LogP contribution in [0.15, 0.2) is 23.8 Å². The van der Waals surface area contributed by atoms with Crippen LogP contribution in [0.4, 0.5) is 8.78 Å². The number of ether oxygens (including phenoxy) is 3. The van der Waals surface area contributed by atoms with Crippen LogP contribution in [0.3, 0.4) is 0 Å². The van der Waals surface area contributed by atoms with Gasteiger partial charge in [-0.25, -0.2) is 8.78 Å². The zero-order chi connectivity index (χ0) is 49.7. The Balaban J connectivity index is 1.27. The van der Waals surface area contributed by atoms with Crippen LogP contribution < -0.4 is 5.32 Å². The standard InChI is InChI=1S/C50H82F2N2O12/c1-13-39-48(11,63)43(60)31(6)54(26-27(2)24-47(10,62)42(59)29(4)41(58)30(5)44(61)65-39)20-14-18-53-19-16-40(57)66-50(32(7)64-12)28(3)21-34-35-23-37(51)36-22-33(55)15-17-45(36,8)49(35,52)38(56)25-46(34,50)9/h15,17,22,27-32,34-35,37-39,41-43,53,56,58-60,62-63H,13-14,16,18-21,23-26H2,1-12H3/t27-,28-,29+,30-,31-,32?,34?,35?,37+,38+,39-,41+,42-,43-,45+,46+,47-,48-,49+,50+/m1/s1. The molecule has 0 amide bonds. The molecule has 1 aliphatic heterocycles. The predicted octanol–water partition coefficient (Wildman–Crippen LogP) is 4.15. The van der Waals surface area contributed by atoms with Gasteiger partial charge in [0.15, 0.2) is 11.5 Å². The van der Waals surface area contributed by atoms with Crippen molar-refractivity contribution >= 4 is 17.7 Å². The van der Waals surface area contributed by atoms with Crippen molar-refractivity contribution in [1.29, 1.82) is 0 Å². The van der Waals surface area contributed by atoms with Gasteiger partial charge < -0.3 is 50.2 Å². The maximum atomic E-state index is 17.9. The number of methoxy groups -OCH3 is 1. The van der Waals surface area contributed by atoms with E-state index in [4.69, 9.17) is 14.2 Å². The highest BCUT2D eigenvalue weighted by Crippen LogP contribution is 2.72. The lowest BCUT2D eigenvalue weighted by atomic mass is 9.44. The Kier molecular flexibility index (Phi) is 16.6. The zero-order valence-corrected chi connectivity index (χ0v) is 41.4. The lowest BCUT2D eigenvalue weighted by molar-refractivity contribution is -0.253. The Hall–Kier alpha value is -2.41. The third-order valence-electron chi connectivity index (χ3n) is 17.6. The highest BCUT2D eigenvalue weighted by molar-refractivity contribution is 6.01. The summed E-state index contributed by atoms with van der Waals surface area (Å²) in [6, 6.07) is -0.667. The maximum absolute atomic E-state index is 17.9. The van der Waals surface area contributed by atoms with E-state index in [9.17, 15) is 45.0 Å². The number of aliphatic hydroxyl groups excluding tert-OH is 4. The molecule has 5 aliphatic rings. The summed E-state index contributed by atoms with van der Waals surface area (Å²) in [5, 5.41) is 72.5. The highest BCUT2D eigenvalue weighted by atomic mass is 19.1. The van der Waals surface area contributed by atoms with Crippen LogP contribution in [0.1, 0.15) is 121 Å². The average Bonchev–Trinajstić information content (AvgIpc) is 3.47. The Morgan fingerprint density at radius 2 is 1.64 bits per heavy atom. The van der Waals surface area contributed by atoms with Gasteiger partial charge in [0.05, 0.1) is 42.4 Å². The number of cyclic esters (lactones) is 1. The van der Waals surface area contributed by atoms with Crippen LogP contribution in [-0.2, 0) is 28.6 Å². The third-order valence-corrected chi connectivity index (χ3v) is 17.6. The first-order valence-electron chi connectivity index (χ1n) is 24.4. The van der Waals surface area contributed by atoms with Crippen molar-refractivity contribution in [2.75, 3.05) is 33.3 Å². The first-order valence-corrected chi connectivity index (χ1v) is 24.4. The number of carbonyl (C=O) groups excluding carboxylic acids is 3. The molecule has 0 aromatic rings.